The first-order chi connectivity index (χ1) is 15.7. The minimum absolute atomic E-state index is 0.0268. The van der Waals surface area contributed by atoms with E-state index in [0.717, 1.165) is 44.6 Å². The molecule has 3 fully saturated rings. The second-order valence-electron chi connectivity index (χ2n) is 10.7. The molecule has 2 aliphatic carbocycles. The van der Waals surface area contributed by atoms with Crippen LogP contribution in [0, 0.1) is 0 Å². The molecular formula is C27H40N4O. The van der Waals surface area contributed by atoms with Crippen molar-refractivity contribution >= 4 is 11.9 Å². The first-order valence-electron chi connectivity index (χ1n) is 13.1. The highest BCUT2D eigenvalue weighted by molar-refractivity contribution is 6.07. The number of hydrogen-bond donors (Lipinski definition) is 1. The Kier molecular flexibility index (Phi) is 6.54. The fourth-order valence-corrected chi connectivity index (χ4v) is 6.76. The molecule has 0 radical (unpaired) electrons. The van der Waals surface area contributed by atoms with E-state index in [-0.39, 0.29) is 11.6 Å². The highest BCUT2D eigenvalue weighted by Gasteiger charge is 2.55. The lowest BCUT2D eigenvalue weighted by Crippen LogP contribution is -2.65. The number of carbonyl (C=O) groups excluding carboxylic acids is 1. The Bertz CT molecular complexity index is 812. The minimum atomic E-state index is -0.233. The predicted molar refractivity (Wildman–Crippen MR) is 130 cm³/mol. The van der Waals surface area contributed by atoms with Crippen molar-refractivity contribution in [3.8, 4) is 0 Å². The second-order valence-corrected chi connectivity index (χ2v) is 10.7. The van der Waals surface area contributed by atoms with E-state index in [1.807, 2.05) is 0 Å². The van der Waals surface area contributed by atoms with E-state index in [1.165, 1.54) is 56.9 Å². The average Bonchev–Trinajstić information content (AvgIpc) is 3.08. The van der Waals surface area contributed by atoms with Gasteiger partial charge in [-0.2, -0.15) is 4.99 Å². The molecule has 5 rings (SSSR count). The zero-order chi connectivity index (χ0) is 22.0. The summed E-state index contributed by atoms with van der Waals surface area (Å²) in [5.41, 5.74) is 1.14. The normalized spacial score (nSPS) is 30.7. The number of amidine groups is 1. The van der Waals surface area contributed by atoms with E-state index >= 15 is 0 Å². The van der Waals surface area contributed by atoms with Gasteiger partial charge in [-0.3, -0.25) is 4.90 Å². The lowest BCUT2D eigenvalue weighted by Gasteiger charge is -2.51. The third-order valence-corrected chi connectivity index (χ3v) is 8.50. The minimum Gasteiger partial charge on any atom is -0.369 e. The van der Waals surface area contributed by atoms with Crippen molar-refractivity contribution < 1.29 is 4.79 Å². The van der Waals surface area contributed by atoms with Crippen LogP contribution < -0.4 is 5.32 Å². The van der Waals surface area contributed by atoms with Crippen LogP contribution in [-0.4, -0.2) is 51.9 Å². The summed E-state index contributed by atoms with van der Waals surface area (Å²) in [4.78, 5) is 23.0. The van der Waals surface area contributed by atoms with Gasteiger partial charge >= 0.3 is 6.03 Å². The van der Waals surface area contributed by atoms with Crippen molar-refractivity contribution in [3.63, 3.8) is 0 Å². The molecule has 0 aromatic heterocycles. The molecule has 1 aromatic carbocycles. The number of piperidine rings is 1. The first-order valence-corrected chi connectivity index (χ1v) is 13.1. The van der Waals surface area contributed by atoms with E-state index in [0.29, 0.717) is 18.1 Å². The summed E-state index contributed by atoms with van der Waals surface area (Å²) in [6, 6.07) is 12.1. The molecule has 5 nitrogen and oxygen atoms in total. The van der Waals surface area contributed by atoms with Crippen molar-refractivity contribution in [3.05, 3.63) is 35.9 Å². The van der Waals surface area contributed by atoms with Crippen molar-refractivity contribution in [2.24, 2.45) is 4.99 Å². The van der Waals surface area contributed by atoms with Crippen molar-refractivity contribution in [1.29, 1.82) is 0 Å². The maximum absolute atomic E-state index is 13.4. The monoisotopic (exact) mass is 436 g/mol. The van der Waals surface area contributed by atoms with Gasteiger partial charge in [-0.25, -0.2) is 4.79 Å². The zero-order valence-electron chi connectivity index (χ0n) is 19.8. The molecule has 174 valence electrons. The van der Waals surface area contributed by atoms with Gasteiger partial charge in [0, 0.05) is 31.2 Å². The van der Waals surface area contributed by atoms with Crippen molar-refractivity contribution in [2.75, 3.05) is 6.54 Å². The zero-order valence-corrected chi connectivity index (χ0v) is 19.8. The summed E-state index contributed by atoms with van der Waals surface area (Å²) < 4.78 is 0. The number of hydrogen-bond acceptors (Lipinski definition) is 3. The number of rotatable bonds is 4. The third-order valence-electron chi connectivity index (χ3n) is 8.50. The fourth-order valence-electron chi connectivity index (χ4n) is 6.76. The molecule has 2 saturated carbocycles. The number of amides is 2. The van der Waals surface area contributed by atoms with Crippen molar-refractivity contribution in [2.45, 2.75) is 114 Å². The largest absolute Gasteiger partial charge is 0.369 e. The smallest absolute Gasteiger partial charge is 0.346 e. The van der Waals surface area contributed by atoms with Gasteiger partial charge in [0.1, 0.15) is 11.4 Å². The molecule has 1 aromatic rings. The standard InChI is InChI=1S/C27H40N4O/c1-21-19-27(17-18-30(21)20-22-11-5-2-6-12-22)25(28-23-13-7-3-8-14-23)29-26(32)31(27)24-15-9-4-10-16-24/h2,5-6,11-12,21,23-24H,3-4,7-10,13-20H2,1H3,(H,28,29,32)/t21-,27+/m0/s1. The van der Waals surface area contributed by atoms with Crippen LogP contribution in [-0.2, 0) is 6.54 Å². The predicted octanol–water partition coefficient (Wildman–Crippen LogP) is 5.50. The molecule has 2 heterocycles. The summed E-state index contributed by atoms with van der Waals surface area (Å²) in [6.07, 6.45) is 14.4. The number of aliphatic imine (C=N–C) groups is 1. The topological polar surface area (TPSA) is 47.9 Å². The molecule has 0 unspecified atom stereocenters. The van der Waals surface area contributed by atoms with E-state index < -0.39 is 0 Å². The Hall–Kier alpha value is -1.88. The number of nitrogens with zero attached hydrogens (tertiary/aromatic N) is 3. The molecule has 4 aliphatic rings. The SMILES string of the molecule is C[C@H]1C[C@]2(CCN1Cc1ccccc1)C(NC1CCCCC1)=NC(=O)N2C1CCCCC1. The molecule has 1 spiro atoms. The Morgan fingerprint density at radius 1 is 1.00 bits per heavy atom. The highest BCUT2D eigenvalue weighted by Crippen LogP contribution is 2.42. The van der Waals surface area contributed by atoms with Crippen LogP contribution >= 0.6 is 0 Å². The molecule has 0 bridgehead atoms. The van der Waals surface area contributed by atoms with Crippen LogP contribution in [0.25, 0.3) is 0 Å². The van der Waals surface area contributed by atoms with Crippen LogP contribution in [0.4, 0.5) is 4.79 Å². The lowest BCUT2D eigenvalue weighted by molar-refractivity contribution is 0.0326. The van der Waals surface area contributed by atoms with Crippen LogP contribution in [0.3, 0.4) is 0 Å². The first kappa shape index (κ1) is 21.9. The molecule has 1 saturated heterocycles. The van der Waals surface area contributed by atoms with E-state index in [9.17, 15) is 4.79 Å². The van der Waals surface area contributed by atoms with Gasteiger partial charge in [0.2, 0.25) is 0 Å². The highest BCUT2D eigenvalue weighted by atomic mass is 16.2. The number of benzene rings is 1. The van der Waals surface area contributed by atoms with Crippen LogP contribution in [0.1, 0.15) is 89.5 Å². The molecular weight excluding hydrogens is 396 g/mol. The van der Waals surface area contributed by atoms with Gasteiger partial charge in [-0.1, -0.05) is 68.9 Å². The van der Waals surface area contributed by atoms with Gasteiger partial charge in [0.05, 0.1) is 0 Å². The maximum atomic E-state index is 13.4. The molecule has 2 atom stereocenters. The van der Waals surface area contributed by atoms with Crippen molar-refractivity contribution in [1.82, 2.24) is 15.1 Å². The van der Waals surface area contributed by atoms with Gasteiger partial charge in [0.15, 0.2) is 0 Å². The Balaban J connectivity index is 1.38. The number of nitrogens with one attached hydrogen (secondary N) is 1. The fraction of sp³-hybridized carbons (Fsp3) is 0.704. The maximum Gasteiger partial charge on any atom is 0.346 e. The summed E-state index contributed by atoms with van der Waals surface area (Å²) in [7, 11) is 0. The molecule has 32 heavy (non-hydrogen) atoms. The Morgan fingerprint density at radius 3 is 2.38 bits per heavy atom. The van der Waals surface area contributed by atoms with Gasteiger partial charge in [-0.15, -0.1) is 0 Å². The average molecular weight is 437 g/mol. The molecule has 2 amide bonds. The number of carbonyl (C=O) groups is 1. The second kappa shape index (κ2) is 9.54. The van der Waals surface area contributed by atoms with Gasteiger partial charge in [-0.05, 0) is 51.0 Å². The third kappa shape index (κ3) is 4.33. The van der Waals surface area contributed by atoms with E-state index in [4.69, 9.17) is 4.99 Å². The summed E-state index contributed by atoms with van der Waals surface area (Å²) in [5.74, 6) is 1.01. The molecule has 5 heteroatoms. The Morgan fingerprint density at radius 2 is 1.69 bits per heavy atom. The van der Waals surface area contributed by atoms with Crippen LogP contribution in [0.2, 0.25) is 0 Å². The Labute approximate surface area is 193 Å². The quantitative estimate of drug-likeness (QED) is 0.678. The summed E-state index contributed by atoms with van der Waals surface area (Å²) in [6.45, 7) is 4.35. The molecule has 1 N–H and O–H groups in total. The lowest BCUT2D eigenvalue weighted by atomic mass is 9.78. The summed E-state index contributed by atoms with van der Waals surface area (Å²) >= 11 is 0. The van der Waals surface area contributed by atoms with Gasteiger partial charge < -0.3 is 10.2 Å². The van der Waals surface area contributed by atoms with E-state index in [2.05, 4.69) is 52.4 Å². The number of likely N-dealkylation sites (tertiary alicyclic amines) is 1. The van der Waals surface area contributed by atoms with Gasteiger partial charge in [0.25, 0.3) is 0 Å². The van der Waals surface area contributed by atoms with Crippen LogP contribution in [0.5, 0.6) is 0 Å². The molecule has 2 aliphatic heterocycles. The van der Waals surface area contributed by atoms with Crippen LogP contribution in [0.15, 0.2) is 35.3 Å². The number of urea groups is 1. The summed E-state index contributed by atoms with van der Waals surface area (Å²) in [5, 5.41) is 3.83. The van der Waals surface area contributed by atoms with E-state index in [1.54, 1.807) is 0 Å².